The van der Waals surface area contributed by atoms with Gasteiger partial charge in [0.15, 0.2) is 0 Å². The lowest BCUT2D eigenvalue weighted by molar-refractivity contribution is -0.122. The van der Waals surface area contributed by atoms with Crippen LogP contribution in [0.4, 0.5) is 0 Å². The quantitative estimate of drug-likeness (QED) is 0.725. The fraction of sp³-hybridized carbons (Fsp3) is 0.381. The molecule has 140 valence electrons. The maximum atomic E-state index is 12.8. The number of hydrogen-bond acceptors (Lipinski definition) is 3. The first-order valence-electron chi connectivity index (χ1n) is 8.97. The molecule has 0 aliphatic heterocycles. The van der Waals surface area contributed by atoms with E-state index in [2.05, 4.69) is 4.72 Å². The number of ketones is 1. The summed E-state index contributed by atoms with van der Waals surface area (Å²) in [6.45, 7) is 5.62. The van der Waals surface area contributed by atoms with Crippen LogP contribution in [0.15, 0.2) is 59.5 Å². The van der Waals surface area contributed by atoms with E-state index >= 15 is 0 Å². The highest BCUT2D eigenvalue weighted by Gasteiger charge is 2.24. The molecule has 2 rings (SSSR count). The minimum absolute atomic E-state index is 0.151. The fourth-order valence-corrected chi connectivity index (χ4v) is 4.23. The first-order valence-corrected chi connectivity index (χ1v) is 10.5. The van der Waals surface area contributed by atoms with Gasteiger partial charge in [0.2, 0.25) is 10.0 Å². The van der Waals surface area contributed by atoms with Crippen LogP contribution in [0.2, 0.25) is 0 Å². The van der Waals surface area contributed by atoms with Crippen LogP contribution in [0.25, 0.3) is 0 Å². The molecule has 0 aliphatic carbocycles. The highest BCUT2D eigenvalue weighted by atomic mass is 32.2. The van der Waals surface area contributed by atoms with Crippen LogP contribution in [0, 0.1) is 12.8 Å². The van der Waals surface area contributed by atoms with Gasteiger partial charge in [-0.25, -0.2) is 13.1 Å². The Bertz CT molecular complexity index is 814. The van der Waals surface area contributed by atoms with Gasteiger partial charge in [0.05, 0.1) is 4.90 Å². The monoisotopic (exact) mass is 373 g/mol. The van der Waals surface area contributed by atoms with Crippen molar-refractivity contribution < 1.29 is 13.2 Å². The van der Waals surface area contributed by atoms with E-state index in [-0.39, 0.29) is 22.6 Å². The summed E-state index contributed by atoms with van der Waals surface area (Å²) >= 11 is 0. The molecule has 0 unspecified atom stereocenters. The van der Waals surface area contributed by atoms with E-state index in [0.717, 1.165) is 11.1 Å². The Labute approximate surface area is 156 Å². The van der Waals surface area contributed by atoms with Crippen LogP contribution in [-0.2, 0) is 21.2 Å². The molecule has 26 heavy (non-hydrogen) atoms. The predicted molar refractivity (Wildman–Crippen MR) is 105 cm³/mol. The van der Waals surface area contributed by atoms with Crippen molar-refractivity contribution in [1.29, 1.82) is 0 Å². The minimum atomic E-state index is -3.64. The lowest BCUT2D eigenvalue weighted by atomic mass is 9.93. The number of nitrogens with one attached hydrogen (secondary N) is 1. The van der Waals surface area contributed by atoms with Crippen molar-refractivity contribution >= 4 is 15.8 Å². The van der Waals surface area contributed by atoms with Crippen LogP contribution in [0.1, 0.15) is 37.8 Å². The van der Waals surface area contributed by atoms with Crippen LogP contribution in [-0.4, -0.2) is 20.2 Å². The summed E-state index contributed by atoms with van der Waals surface area (Å²) in [6, 6.07) is 16.2. The molecule has 5 heteroatoms. The lowest BCUT2D eigenvalue weighted by Gasteiger charge is -2.22. The van der Waals surface area contributed by atoms with Gasteiger partial charge in [-0.2, -0.15) is 0 Å². The molecule has 4 nitrogen and oxygen atoms in total. The first kappa shape index (κ1) is 20.3. The summed E-state index contributed by atoms with van der Waals surface area (Å²) in [6.07, 6.45) is 1.49. The van der Waals surface area contributed by atoms with E-state index in [0.29, 0.717) is 19.3 Å². The number of hydrogen-bond donors (Lipinski definition) is 1. The normalized spacial score (nSPS) is 14.0. The Hall–Kier alpha value is -1.98. The summed E-state index contributed by atoms with van der Waals surface area (Å²) in [5.41, 5.74) is 2.05. The van der Waals surface area contributed by atoms with E-state index in [1.807, 2.05) is 51.1 Å². The Morgan fingerprint density at radius 3 is 2.23 bits per heavy atom. The highest BCUT2D eigenvalue weighted by molar-refractivity contribution is 7.89. The van der Waals surface area contributed by atoms with E-state index in [9.17, 15) is 13.2 Å². The van der Waals surface area contributed by atoms with Crippen molar-refractivity contribution in [3.8, 4) is 0 Å². The zero-order valence-corrected chi connectivity index (χ0v) is 16.4. The number of rotatable bonds is 9. The number of carbonyl (C=O) groups excluding carboxylic acids is 1. The zero-order valence-electron chi connectivity index (χ0n) is 15.6. The molecule has 0 fully saturated rings. The second kappa shape index (κ2) is 9.10. The van der Waals surface area contributed by atoms with Crippen LogP contribution >= 0.6 is 0 Å². The van der Waals surface area contributed by atoms with E-state index in [1.54, 1.807) is 24.3 Å². The van der Waals surface area contributed by atoms with Crippen molar-refractivity contribution in [3.05, 3.63) is 65.7 Å². The Balaban J connectivity index is 2.21. The topological polar surface area (TPSA) is 63.2 Å². The third-order valence-corrected chi connectivity index (χ3v) is 6.05. The molecule has 0 amide bonds. The maximum absolute atomic E-state index is 12.8. The molecule has 2 aromatic rings. The third-order valence-electron chi connectivity index (χ3n) is 4.51. The lowest BCUT2D eigenvalue weighted by Crippen LogP contribution is -2.38. The molecular formula is C21H27NO3S. The van der Waals surface area contributed by atoms with Gasteiger partial charge in [0.1, 0.15) is 5.78 Å². The van der Waals surface area contributed by atoms with Crippen molar-refractivity contribution in [2.24, 2.45) is 5.92 Å². The SMILES string of the molecule is CCC(=O)[C@@H](C)C[C@H](Cc1ccccc1)NS(=O)(=O)c1ccc(C)cc1. The van der Waals surface area contributed by atoms with Crippen molar-refractivity contribution in [3.63, 3.8) is 0 Å². The second-order valence-corrected chi connectivity index (χ2v) is 8.49. The number of sulfonamides is 1. The predicted octanol–water partition coefficient (Wildman–Crippen LogP) is 3.89. The van der Waals surface area contributed by atoms with Crippen molar-refractivity contribution in [2.45, 2.75) is 51.0 Å². The largest absolute Gasteiger partial charge is 0.299 e. The minimum Gasteiger partial charge on any atom is -0.299 e. The van der Waals surface area contributed by atoms with Gasteiger partial charge in [-0.15, -0.1) is 0 Å². The molecular weight excluding hydrogens is 346 g/mol. The van der Waals surface area contributed by atoms with Crippen LogP contribution in [0.5, 0.6) is 0 Å². The summed E-state index contributed by atoms with van der Waals surface area (Å²) in [7, 11) is -3.64. The van der Waals surface area contributed by atoms with Crippen molar-refractivity contribution in [2.75, 3.05) is 0 Å². The molecule has 0 heterocycles. The Morgan fingerprint density at radius 1 is 1.04 bits per heavy atom. The second-order valence-electron chi connectivity index (χ2n) is 6.78. The van der Waals surface area contributed by atoms with Gasteiger partial charge in [-0.1, -0.05) is 61.9 Å². The number of aryl methyl sites for hydroxylation is 1. The van der Waals surface area contributed by atoms with E-state index in [4.69, 9.17) is 0 Å². The van der Waals surface area contributed by atoms with Gasteiger partial charge in [0.25, 0.3) is 0 Å². The molecule has 0 aliphatic rings. The summed E-state index contributed by atoms with van der Waals surface area (Å²) < 4.78 is 28.3. The maximum Gasteiger partial charge on any atom is 0.240 e. The molecule has 2 atom stereocenters. The van der Waals surface area contributed by atoms with Gasteiger partial charge in [-0.3, -0.25) is 4.79 Å². The average Bonchev–Trinajstić information content (AvgIpc) is 2.61. The molecule has 0 bridgehead atoms. The smallest absolute Gasteiger partial charge is 0.240 e. The highest BCUT2D eigenvalue weighted by Crippen LogP contribution is 2.17. The molecule has 2 aromatic carbocycles. The van der Waals surface area contributed by atoms with E-state index in [1.165, 1.54) is 0 Å². The van der Waals surface area contributed by atoms with Crippen LogP contribution in [0.3, 0.4) is 0 Å². The first-order chi connectivity index (χ1) is 12.3. The molecule has 1 N–H and O–H groups in total. The molecule has 0 spiro atoms. The van der Waals surface area contributed by atoms with Crippen LogP contribution < -0.4 is 4.72 Å². The molecule has 0 saturated carbocycles. The summed E-state index contributed by atoms with van der Waals surface area (Å²) in [5, 5.41) is 0. The molecule has 0 aromatic heterocycles. The van der Waals surface area contributed by atoms with Gasteiger partial charge in [-0.05, 0) is 37.5 Å². The average molecular weight is 374 g/mol. The fourth-order valence-electron chi connectivity index (χ4n) is 2.98. The summed E-state index contributed by atoms with van der Waals surface area (Å²) in [4.78, 5) is 12.2. The van der Waals surface area contributed by atoms with Gasteiger partial charge >= 0.3 is 0 Å². The van der Waals surface area contributed by atoms with E-state index < -0.39 is 10.0 Å². The zero-order chi connectivity index (χ0) is 19.2. The third kappa shape index (κ3) is 5.78. The number of Topliss-reactive ketones (excluding diaryl/α,β-unsaturated/α-hetero) is 1. The summed E-state index contributed by atoms with van der Waals surface area (Å²) in [5.74, 6) is -0.0352. The van der Waals surface area contributed by atoms with Gasteiger partial charge < -0.3 is 0 Å². The molecule has 0 saturated heterocycles. The number of carbonyl (C=O) groups is 1. The Kier molecular flexibility index (Phi) is 7.12. The Morgan fingerprint density at radius 2 is 1.65 bits per heavy atom. The standard InChI is InChI=1S/C21H27NO3S/c1-4-21(23)17(3)14-19(15-18-8-6-5-7-9-18)22-26(24,25)20-12-10-16(2)11-13-20/h5-13,17,19,22H,4,14-15H2,1-3H3/t17-,19+/m0/s1. The van der Waals surface area contributed by atoms with Gasteiger partial charge in [0, 0.05) is 18.4 Å². The van der Waals surface area contributed by atoms with Crippen molar-refractivity contribution in [1.82, 2.24) is 4.72 Å². The molecule has 0 radical (unpaired) electrons. The number of benzene rings is 2.